The van der Waals surface area contributed by atoms with Gasteiger partial charge in [0.05, 0.1) is 24.4 Å². The van der Waals surface area contributed by atoms with Crippen molar-refractivity contribution < 1.29 is 14.1 Å². The second-order valence-electron chi connectivity index (χ2n) is 9.00. The predicted molar refractivity (Wildman–Crippen MR) is 132 cm³/mol. The van der Waals surface area contributed by atoms with E-state index in [-0.39, 0.29) is 12.0 Å². The summed E-state index contributed by atoms with van der Waals surface area (Å²) in [5.41, 5.74) is 5.23. The van der Waals surface area contributed by atoms with E-state index in [2.05, 4.69) is 25.5 Å². The SMILES string of the molecule is Cc1ccc(-c2noc(C[C@H]3CCCO3)n2)cc1NC(=O)c1cnc2cc(-c3ccn(C)n3)ccn12. The number of hydrogen-bond donors (Lipinski definition) is 1. The Kier molecular flexibility index (Phi) is 5.57. The number of fused-ring (bicyclic) bond motifs is 1. The van der Waals surface area contributed by atoms with Crippen LogP contribution in [0, 0.1) is 6.92 Å². The maximum Gasteiger partial charge on any atom is 0.274 e. The Balaban J connectivity index is 1.22. The van der Waals surface area contributed by atoms with Crippen LogP contribution in [0.25, 0.3) is 28.3 Å². The molecule has 1 aromatic carbocycles. The minimum Gasteiger partial charge on any atom is -0.378 e. The predicted octanol–water partition coefficient (Wildman–Crippen LogP) is 4.07. The monoisotopic (exact) mass is 483 g/mol. The standard InChI is InChI=1S/C26H25N7O3/c1-16-5-6-18(25-29-24(36-31-25)14-19-4-3-11-35-19)12-21(16)28-26(34)22-15-27-23-13-17(7-10-33(22)23)20-8-9-32(2)30-20/h5-10,12-13,15,19H,3-4,11,14H2,1-2H3,(H,28,34)/t19-/m1/s1. The van der Waals surface area contributed by atoms with Gasteiger partial charge in [0, 0.05) is 42.9 Å². The molecule has 6 rings (SSSR count). The van der Waals surface area contributed by atoms with Crippen LogP contribution in [-0.4, -0.2) is 47.9 Å². The quantitative estimate of drug-likeness (QED) is 0.387. The number of aromatic nitrogens is 6. The third-order valence-corrected chi connectivity index (χ3v) is 6.39. The van der Waals surface area contributed by atoms with Gasteiger partial charge in [-0.05, 0) is 49.6 Å². The highest BCUT2D eigenvalue weighted by Crippen LogP contribution is 2.26. The Labute approximate surface area is 206 Å². The molecule has 5 aromatic rings. The third-order valence-electron chi connectivity index (χ3n) is 6.39. The summed E-state index contributed by atoms with van der Waals surface area (Å²) in [6, 6.07) is 11.5. The zero-order chi connectivity index (χ0) is 24.6. The van der Waals surface area contributed by atoms with E-state index in [1.165, 1.54) is 0 Å². The number of nitrogens with zero attached hydrogens (tertiary/aromatic N) is 6. The molecule has 0 spiro atoms. The van der Waals surface area contributed by atoms with Crippen molar-refractivity contribution in [3.8, 4) is 22.6 Å². The fraction of sp³-hybridized carbons (Fsp3) is 0.269. The zero-order valence-electron chi connectivity index (χ0n) is 20.0. The molecular formula is C26H25N7O3. The minimum absolute atomic E-state index is 0.136. The minimum atomic E-state index is -0.263. The molecule has 1 aliphatic heterocycles. The van der Waals surface area contributed by atoms with Crippen molar-refractivity contribution in [3.63, 3.8) is 0 Å². The number of carbonyl (C=O) groups excluding carboxylic acids is 1. The van der Waals surface area contributed by atoms with Gasteiger partial charge in [0.1, 0.15) is 11.3 Å². The number of aryl methyl sites for hydroxylation is 2. The molecule has 0 unspecified atom stereocenters. The van der Waals surface area contributed by atoms with Crippen molar-refractivity contribution >= 4 is 17.2 Å². The second kappa shape index (κ2) is 9.04. The first-order chi connectivity index (χ1) is 17.5. The Morgan fingerprint density at radius 2 is 2.08 bits per heavy atom. The van der Waals surface area contributed by atoms with Gasteiger partial charge in [0.2, 0.25) is 11.7 Å². The summed E-state index contributed by atoms with van der Waals surface area (Å²) in [5.74, 6) is 0.773. The van der Waals surface area contributed by atoms with Crippen LogP contribution in [0.5, 0.6) is 0 Å². The Bertz CT molecular complexity index is 1560. The van der Waals surface area contributed by atoms with Gasteiger partial charge >= 0.3 is 0 Å². The fourth-order valence-corrected chi connectivity index (χ4v) is 4.41. The average Bonchev–Trinajstić information content (AvgIpc) is 3.68. The summed E-state index contributed by atoms with van der Waals surface area (Å²) in [6.07, 6.45) is 8.11. The molecule has 1 saturated heterocycles. The van der Waals surface area contributed by atoms with E-state index in [9.17, 15) is 4.79 Å². The lowest BCUT2D eigenvalue weighted by Crippen LogP contribution is -2.15. The van der Waals surface area contributed by atoms with E-state index in [0.717, 1.165) is 41.8 Å². The molecule has 4 aromatic heterocycles. The summed E-state index contributed by atoms with van der Waals surface area (Å²) in [6.45, 7) is 2.72. The van der Waals surface area contributed by atoms with Gasteiger partial charge in [-0.25, -0.2) is 4.98 Å². The van der Waals surface area contributed by atoms with Gasteiger partial charge in [-0.3, -0.25) is 13.9 Å². The van der Waals surface area contributed by atoms with Crippen LogP contribution in [-0.2, 0) is 18.2 Å². The number of benzene rings is 1. The molecule has 182 valence electrons. The molecule has 5 heterocycles. The highest BCUT2D eigenvalue weighted by molar-refractivity contribution is 6.04. The largest absolute Gasteiger partial charge is 0.378 e. The number of rotatable bonds is 6. The first kappa shape index (κ1) is 22.2. The molecule has 1 N–H and O–H groups in total. The van der Waals surface area contributed by atoms with Gasteiger partial charge in [-0.2, -0.15) is 10.1 Å². The first-order valence-electron chi connectivity index (χ1n) is 11.9. The number of hydrogen-bond acceptors (Lipinski definition) is 7. The number of pyridine rings is 1. The van der Waals surface area contributed by atoms with Crippen molar-refractivity contribution in [2.24, 2.45) is 7.05 Å². The number of anilines is 1. The fourth-order valence-electron chi connectivity index (χ4n) is 4.41. The number of carbonyl (C=O) groups is 1. The molecule has 0 bridgehead atoms. The topological polar surface area (TPSA) is 112 Å². The van der Waals surface area contributed by atoms with Gasteiger partial charge in [-0.1, -0.05) is 17.3 Å². The molecule has 0 radical (unpaired) electrons. The highest BCUT2D eigenvalue weighted by atomic mass is 16.5. The van der Waals surface area contributed by atoms with Crippen LogP contribution in [0.4, 0.5) is 5.69 Å². The van der Waals surface area contributed by atoms with Gasteiger partial charge < -0.3 is 14.6 Å². The van der Waals surface area contributed by atoms with E-state index in [1.807, 2.05) is 62.8 Å². The number of nitrogens with one attached hydrogen (secondary N) is 1. The second-order valence-corrected chi connectivity index (χ2v) is 9.00. The lowest BCUT2D eigenvalue weighted by atomic mass is 10.1. The lowest BCUT2D eigenvalue weighted by molar-refractivity contribution is 0.102. The average molecular weight is 484 g/mol. The van der Waals surface area contributed by atoms with Crippen molar-refractivity contribution in [2.75, 3.05) is 11.9 Å². The van der Waals surface area contributed by atoms with Crippen LogP contribution < -0.4 is 5.32 Å². The van der Waals surface area contributed by atoms with Crippen molar-refractivity contribution in [1.82, 2.24) is 29.3 Å². The summed E-state index contributed by atoms with van der Waals surface area (Å²) >= 11 is 0. The molecule has 1 atom stereocenters. The summed E-state index contributed by atoms with van der Waals surface area (Å²) in [4.78, 5) is 22.2. The number of imidazole rings is 1. The maximum atomic E-state index is 13.2. The number of ether oxygens (including phenoxy) is 1. The molecule has 0 saturated carbocycles. The van der Waals surface area contributed by atoms with Gasteiger partial charge in [-0.15, -0.1) is 0 Å². The van der Waals surface area contributed by atoms with Crippen LogP contribution in [0.15, 0.2) is 59.5 Å². The maximum absolute atomic E-state index is 13.2. The molecule has 10 nitrogen and oxygen atoms in total. The summed E-state index contributed by atoms with van der Waals surface area (Å²) < 4.78 is 14.6. The highest BCUT2D eigenvalue weighted by Gasteiger charge is 2.20. The van der Waals surface area contributed by atoms with Crippen LogP contribution in [0.2, 0.25) is 0 Å². The van der Waals surface area contributed by atoms with Crippen LogP contribution >= 0.6 is 0 Å². The van der Waals surface area contributed by atoms with E-state index in [1.54, 1.807) is 15.3 Å². The Morgan fingerprint density at radius 1 is 1.17 bits per heavy atom. The molecule has 36 heavy (non-hydrogen) atoms. The summed E-state index contributed by atoms with van der Waals surface area (Å²) in [5, 5.41) is 11.6. The van der Waals surface area contributed by atoms with Crippen LogP contribution in [0.3, 0.4) is 0 Å². The van der Waals surface area contributed by atoms with E-state index in [4.69, 9.17) is 9.26 Å². The van der Waals surface area contributed by atoms with E-state index in [0.29, 0.717) is 35.2 Å². The number of amides is 1. The Morgan fingerprint density at radius 3 is 2.89 bits per heavy atom. The van der Waals surface area contributed by atoms with Crippen molar-refractivity contribution in [3.05, 3.63) is 72.1 Å². The van der Waals surface area contributed by atoms with Crippen molar-refractivity contribution in [1.29, 1.82) is 0 Å². The van der Waals surface area contributed by atoms with E-state index >= 15 is 0 Å². The molecule has 1 amide bonds. The van der Waals surface area contributed by atoms with Gasteiger partial charge in [0.25, 0.3) is 5.91 Å². The normalized spacial score (nSPS) is 15.6. The van der Waals surface area contributed by atoms with Crippen molar-refractivity contribution in [2.45, 2.75) is 32.3 Å². The molecule has 10 heteroatoms. The molecular weight excluding hydrogens is 458 g/mol. The Hall–Kier alpha value is -4.31. The van der Waals surface area contributed by atoms with Crippen LogP contribution in [0.1, 0.15) is 34.8 Å². The molecule has 0 aliphatic carbocycles. The summed E-state index contributed by atoms with van der Waals surface area (Å²) in [7, 11) is 1.88. The third kappa shape index (κ3) is 4.27. The molecule has 1 aliphatic rings. The molecule has 1 fully saturated rings. The van der Waals surface area contributed by atoms with E-state index < -0.39 is 0 Å². The zero-order valence-corrected chi connectivity index (χ0v) is 20.0. The first-order valence-corrected chi connectivity index (χ1v) is 11.9. The lowest BCUT2D eigenvalue weighted by Gasteiger charge is -2.10. The smallest absolute Gasteiger partial charge is 0.274 e. The van der Waals surface area contributed by atoms with Gasteiger partial charge in [0.15, 0.2) is 0 Å².